The Kier molecular flexibility index (Phi) is 6.57. The maximum Gasteiger partial charge on any atom is 0.284 e. The Hall–Kier alpha value is -2.45. The molecule has 1 amide bonds. The van der Waals surface area contributed by atoms with Gasteiger partial charge in [-0.25, -0.2) is 4.99 Å². The number of rotatable bonds is 4. The second-order valence-electron chi connectivity index (χ2n) is 7.78. The number of nitrogens with zero attached hydrogens (tertiary/aromatic N) is 3. The quantitative estimate of drug-likeness (QED) is 0.269. The van der Waals surface area contributed by atoms with E-state index in [1.165, 1.54) is 24.2 Å². The summed E-state index contributed by atoms with van der Waals surface area (Å²) in [6.07, 6.45) is 7.07. The number of halogens is 1. The minimum Gasteiger partial charge on any atom is -0.283 e. The molecule has 4 rings (SSSR count). The lowest BCUT2D eigenvalue weighted by Crippen LogP contribution is -2.40. The van der Waals surface area contributed by atoms with Gasteiger partial charge in [0.15, 0.2) is 5.17 Å². The zero-order valence-electron chi connectivity index (χ0n) is 17.1. The van der Waals surface area contributed by atoms with E-state index in [0.29, 0.717) is 20.1 Å². The highest BCUT2D eigenvalue weighted by Crippen LogP contribution is 2.39. The number of carbonyl (C=O) groups excluding carboxylic acids is 1. The Morgan fingerprint density at radius 2 is 1.87 bits per heavy atom. The molecule has 2 aromatic rings. The van der Waals surface area contributed by atoms with E-state index in [9.17, 15) is 14.9 Å². The van der Waals surface area contributed by atoms with Crippen molar-refractivity contribution < 1.29 is 9.72 Å². The van der Waals surface area contributed by atoms with Gasteiger partial charge in [0.2, 0.25) is 0 Å². The maximum atomic E-state index is 13.4. The Bertz CT molecular complexity index is 1080. The fourth-order valence-corrected chi connectivity index (χ4v) is 5.32. The molecule has 1 aliphatic carbocycles. The molecule has 1 saturated carbocycles. The van der Waals surface area contributed by atoms with Crippen LogP contribution in [0.4, 0.5) is 11.4 Å². The molecule has 0 aromatic heterocycles. The molecule has 0 N–H and O–H groups in total. The Balaban J connectivity index is 1.71. The topological polar surface area (TPSA) is 75.8 Å². The summed E-state index contributed by atoms with van der Waals surface area (Å²) < 4.78 is 0.413. The number of hydrogen-bond acceptors (Lipinski definition) is 5. The zero-order valence-corrected chi connectivity index (χ0v) is 19.5. The first-order valence-electron chi connectivity index (χ1n) is 10.2. The van der Waals surface area contributed by atoms with Crippen molar-refractivity contribution in [2.24, 2.45) is 4.99 Å². The van der Waals surface area contributed by atoms with Crippen LogP contribution < -0.4 is 0 Å². The summed E-state index contributed by atoms with van der Waals surface area (Å²) in [7, 11) is 0. The van der Waals surface area contributed by atoms with Crippen molar-refractivity contribution in [2.75, 3.05) is 0 Å². The highest BCUT2D eigenvalue weighted by atomic mass is 79.9. The third-order valence-corrected chi connectivity index (χ3v) is 7.15. The third kappa shape index (κ3) is 4.91. The average molecular weight is 500 g/mol. The number of hydrogen-bond donors (Lipinski definition) is 0. The molecule has 6 nitrogen and oxygen atoms in total. The van der Waals surface area contributed by atoms with Crippen molar-refractivity contribution in [3.63, 3.8) is 0 Å². The van der Waals surface area contributed by atoms with E-state index in [1.54, 1.807) is 18.2 Å². The number of amidine groups is 1. The predicted octanol–water partition coefficient (Wildman–Crippen LogP) is 6.60. The van der Waals surface area contributed by atoms with Crippen molar-refractivity contribution in [2.45, 2.75) is 45.1 Å². The van der Waals surface area contributed by atoms with E-state index >= 15 is 0 Å². The summed E-state index contributed by atoms with van der Waals surface area (Å²) in [5.41, 5.74) is 2.55. The highest BCUT2D eigenvalue weighted by Gasteiger charge is 2.38. The van der Waals surface area contributed by atoms with Gasteiger partial charge in [-0.2, -0.15) is 0 Å². The van der Waals surface area contributed by atoms with E-state index in [-0.39, 0.29) is 17.6 Å². The van der Waals surface area contributed by atoms with Crippen molar-refractivity contribution in [1.82, 2.24) is 4.90 Å². The maximum absolute atomic E-state index is 13.4. The van der Waals surface area contributed by atoms with Crippen molar-refractivity contribution in [1.29, 1.82) is 0 Å². The summed E-state index contributed by atoms with van der Waals surface area (Å²) in [5.74, 6) is -0.0756. The molecule has 2 aromatic carbocycles. The summed E-state index contributed by atoms with van der Waals surface area (Å²) >= 11 is 4.55. The Morgan fingerprint density at radius 3 is 2.55 bits per heavy atom. The van der Waals surface area contributed by atoms with Crippen LogP contribution in [0.5, 0.6) is 0 Å². The number of thioether (sulfide) groups is 1. The van der Waals surface area contributed by atoms with Crippen LogP contribution in [0.3, 0.4) is 0 Å². The lowest BCUT2D eigenvalue weighted by Gasteiger charge is -2.30. The normalized spacial score (nSPS) is 20.1. The molecule has 1 heterocycles. The monoisotopic (exact) mass is 499 g/mol. The molecule has 2 fully saturated rings. The van der Waals surface area contributed by atoms with Crippen molar-refractivity contribution >= 4 is 56.2 Å². The van der Waals surface area contributed by atoms with E-state index in [2.05, 4.69) is 15.9 Å². The van der Waals surface area contributed by atoms with Crippen LogP contribution in [0.2, 0.25) is 0 Å². The van der Waals surface area contributed by atoms with Crippen LogP contribution >= 0.6 is 27.7 Å². The van der Waals surface area contributed by atoms with Crippen LogP contribution in [-0.4, -0.2) is 26.9 Å². The Labute approximate surface area is 193 Å². The van der Waals surface area contributed by atoms with Gasteiger partial charge in [-0.3, -0.25) is 19.8 Å². The smallest absolute Gasteiger partial charge is 0.283 e. The molecule has 0 bridgehead atoms. The van der Waals surface area contributed by atoms with Crippen molar-refractivity contribution in [3.8, 4) is 0 Å². The fourth-order valence-electron chi connectivity index (χ4n) is 3.87. The average Bonchev–Trinajstić information content (AvgIpc) is 3.06. The number of amides is 1. The highest BCUT2D eigenvalue weighted by molar-refractivity contribution is 9.10. The number of nitro benzene ring substituents is 1. The van der Waals surface area contributed by atoms with Gasteiger partial charge in [0.1, 0.15) is 0 Å². The summed E-state index contributed by atoms with van der Waals surface area (Å²) in [4.78, 5) is 31.4. The first-order chi connectivity index (χ1) is 14.9. The van der Waals surface area contributed by atoms with Gasteiger partial charge in [-0.05, 0) is 77.3 Å². The minimum absolute atomic E-state index is 0.0255. The van der Waals surface area contributed by atoms with Crippen LogP contribution in [0.15, 0.2) is 56.8 Å². The first-order valence-corrected chi connectivity index (χ1v) is 11.9. The second-order valence-corrected chi connectivity index (χ2v) is 9.64. The lowest BCUT2D eigenvalue weighted by atomic mass is 9.94. The van der Waals surface area contributed by atoms with Crippen LogP contribution in [0.1, 0.15) is 43.2 Å². The van der Waals surface area contributed by atoms with Gasteiger partial charge in [-0.15, -0.1) is 0 Å². The summed E-state index contributed by atoms with van der Waals surface area (Å²) in [5, 5.41) is 11.9. The number of nitro groups is 1. The minimum atomic E-state index is -0.436. The molecule has 0 atom stereocenters. The van der Waals surface area contributed by atoms with Gasteiger partial charge in [0.25, 0.3) is 11.6 Å². The van der Waals surface area contributed by atoms with Gasteiger partial charge < -0.3 is 0 Å². The second kappa shape index (κ2) is 9.36. The predicted molar refractivity (Wildman–Crippen MR) is 128 cm³/mol. The van der Waals surface area contributed by atoms with E-state index in [4.69, 9.17) is 4.99 Å². The summed E-state index contributed by atoms with van der Waals surface area (Å²) in [6, 6.07) is 12.9. The molecular weight excluding hydrogens is 478 g/mol. The largest absolute Gasteiger partial charge is 0.284 e. The molecule has 31 heavy (non-hydrogen) atoms. The molecule has 160 valence electrons. The molecule has 8 heteroatoms. The molecule has 2 aliphatic rings. The molecule has 0 unspecified atom stereocenters. The number of aliphatic imine (C=N–C) groups is 1. The fraction of sp³-hybridized carbons (Fsp3) is 0.304. The lowest BCUT2D eigenvalue weighted by molar-refractivity contribution is -0.385. The van der Waals surface area contributed by atoms with Crippen LogP contribution in [0.25, 0.3) is 6.08 Å². The van der Waals surface area contributed by atoms with Gasteiger partial charge >= 0.3 is 0 Å². The van der Waals surface area contributed by atoms with E-state index < -0.39 is 4.92 Å². The molecule has 0 spiro atoms. The van der Waals surface area contributed by atoms with Crippen molar-refractivity contribution in [3.05, 3.63) is 73.1 Å². The number of aryl methyl sites for hydroxylation is 1. The molecule has 1 saturated heterocycles. The Morgan fingerprint density at radius 1 is 1.16 bits per heavy atom. The van der Waals surface area contributed by atoms with Crippen LogP contribution in [0, 0.1) is 17.0 Å². The SMILES string of the molecule is Cc1ccc(N=C2S/C(=C/c3ccc(Br)c([N+](=O)[O-])c3)C(=O)N2C2CCCCC2)cc1. The number of benzene rings is 2. The molecule has 0 radical (unpaired) electrons. The molecular formula is C23H22BrN3O3S. The third-order valence-electron chi connectivity index (χ3n) is 5.50. The van der Waals surface area contributed by atoms with Gasteiger partial charge in [-0.1, -0.05) is 43.0 Å². The standard InChI is InChI=1S/C23H22BrN3O3S/c1-15-7-10-17(11-8-15)25-23-26(18-5-3-2-4-6-18)22(28)21(31-23)14-16-9-12-19(24)20(13-16)27(29)30/h7-14,18H,2-6H2,1H3/b21-14+,25-23?. The van der Waals surface area contributed by atoms with E-state index in [1.807, 2.05) is 36.1 Å². The van der Waals surface area contributed by atoms with E-state index in [0.717, 1.165) is 36.9 Å². The summed E-state index contributed by atoms with van der Waals surface area (Å²) in [6.45, 7) is 2.03. The number of carbonyl (C=O) groups is 1. The first kappa shape index (κ1) is 21.8. The van der Waals surface area contributed by atoms with Gasteiger partial charge in [0, 0.05) is 12.1 Å². The van der Waals surface area contributed by atoms with Crippen LogP contribution in [-0.2, 0) is 4.79 Å². The molecule has 1 aliphatic heterocycles. The van der Waals surface area contributed by atoms with Gasteiger partial charge in [0.05, 0.1) is 20.0 Å². The zero-order chi connectivity index (χ0) is 22.0.